The predicted octanol–water partition coefficient (Wildman–Crippen LogP) is 2.58. The van der Waals surface area contributed by atoms with Gasteiger partial charge in [0.25, 0.3) is 0 Å². The molecule has 1 saturated heterocycles. The Hall–Kier alpha value is -4.00. The number of aromatic nitrogens is 3. The molecule has 0 radical (unpaired) electrons. The van der Waals surface area contributed by atoms with Gasteiger partial charge in [-0.25, -0.2) is 15.0 Å². The fraction of sp³-hybridized carbons (Fsp3) is 0.310. The maximum Gasteiger partial charge on any atom is 0.177 e. The maximum atomic E-state index is 14.2. The van der Waals surface area contributed by atoms with Crippen LogP contribution in [-0.2, 0) is 10.5 Å². The number of H-pyrrole nitrogens is 1. The van der Waals surface area contributed by atoms with Crippen LogP contribution in [0.15, 0.2) is 82.5 Å². The number of hydrogen-bond donors (Lipinski definition) is 2. The third kappa shape index (κ3) is 3.11. The molecule has 0 aromatic carbocycles. The maximum absolute atomic E-state index is 14.2. The van der Waals surface area contributed by atoms with Crippen LogP contribution in [0.1, 0.15) is 32.4 Å². The first-order valence-electron chi connectivity index (χ1n) is 12.5. The van der Waals surface area contributed by atoms with E-state index >= 15 is 0 Å². The highest BCUT2D eigenvalue weighted by Crippen LogP contribution is 2.52. The van der Waals surface area contributed by atoms with E-state index in [0.29, 0.717) is 0 Å². The van der Waals surface area contributed by atoms with E-state index in [9.17, 15) is 4.79 Å². The number of aromatic amines is 1. The summed E-state index contributed by atoms with van der Waals surface area (Å²) in [6.45, 7) is 6.00. The Morgan fingerprint density at radius 1 is 1.03 bits per heavy atom. The first kappa shape index (κ1) is 21.3. The van der Waals surface area contributed by atoms with E-state index in [1.807, 2.05) is 80.4 Å². The number of imidazole rings is 1. The summed E-state index contributed by atoms with van der Waals surface area (Å²) in [7, 11) is 0. The van der Waals surface area contributed by atoms with Crippen LogP contribution in [-0.4, -0.2) is 37.3 Å². The van der Waals surface area contributed by atoms with E-state index in [4.69, 9.17) is 9.98 Å². The highest BCUT2D eigenvalue weighted by atomic mass is 16.1. The monoisotopic (exact) mass is 476 g/mol. The molecule has 2 aromatic rings. The topological polar surface area (TPSA) is 87.4 Å². The van der Waals surface area contributed by atoms with E-state index in [1.165, 1.54) is 0 Å². The zero-order valence-electron chi connectivity index (χ0n) is 20.6. The van der Waals surface area contributed by atoms with Crippen LogP contribution in [0.3, 0.4) is 0 Å². The molecular formula is C29H28N6O. The second-order valence-corrected chi connectivity index (χ2v) is 11.0. The molecule has 4 aliphatic heterocycles. The van der Waals surface area contributed by atoms with Crippen molar-refractivity contribution in [2.24, 2.45) is 21.3 Å². The number of hydrogen-bond acceptors (Lipinski definition) is 5. The molecule has 1 aliphatic carbocycles. The van der Waals surface area contributed by atoms with Gasteiger partial charge in [-0.2, -0.15) is 0 Å². The zero-order valence-corrected chi connectivity index (χ0v) is 20.6. The number of Topliss-reactive ketones (excluding diaryl/α,β-unsaturated/α-hetero) is 1. The number of ketones is 1. The van der Waals surface area contributed by atoms with E-state index in [-0.39, 0.29) is 11.7 Å². The summed E-state index contributed by atoms with van der Waals surface area (Å²) in [6, 6.07) is 4.08. The molecule has 5 aliphatic rings. The first-order chi connectivity index (χ1) is 17.3. The number of allylic oxidation sites excluding steroid dienone is 4. The second-order valence-electron chi connectivity index (χ2n) is 11.0. The molecule has 7 heteroatoms. The minimum atomic E-state index is -0.822. The van der Waals surface area contributed by atoms with Crippen LogP contribution in [0.5, 0.6) is 0 Å². The van der Waals surface area contributed by atoms with Crippen LogP contribution in [0, 0.1) is 18.3 Å². The highest BCUT2D eigenvalue weighted by molar-refractivity contribution is 6.20. The summed E-state index contributed by atoms with van der Waals surface area (Å²) < 4.78 is 2.01. The first-order valence-corrected chi connectivity index (χ1v) is 12.5. The fourth-order valence-corrected chi connectivity index (χ4v) is 5.74. The predicted molar refractivity (Wildman–Crippen MR) is 141 cm³/mol. The number of nitrogens with zero attached hydrogens (tertiary/aromatic N) is 4. The standard InChI is InChI=1S/C29H28N6O/c1-18-16-35(17-30-18)28-11-10-23(33-28)13-22-7-6-20(31-22)12-21-8-9-24(32-21)14-29(19-4-5-19)26(36)27(2,3)25(15-28)34-29/h6-17,19,31,34H,4-5H2,1-3H3. The molecule has 2 atom stereocenters. The molecule has 2 N–H and O–H groups in total. The van der Waals surface area contributed by atoms with Crippen molar-refractivity contribution in [3.05, 3.63) is 88.9 Å². The van der Waals surface area contributed by atoms with Gasteiger partial charge in [0.15, 0.2) is 11.4 Å². The molecule has 180 valence electrons. The molecule has 7 rings (SSSR count). The van der Waals surface area contributed by atoms with E-state index in [2.05, 4.69) is 33.5 Å². The Kier molecular flexibility index (Phi) is 4.16. The molecule has 2 unspecified atom stereocenters. The van der Waals surface area contributed by atoms with Crippen LogP contribution in [0.25, 0.3) is 12.2 Å². The molecule has 6 heterocycles. The van der Waals surface area contributed by atoms with Crippen molar-refractivity contribution in [2.45, 2.75) is 44.8 Å². The second kappa shape index (κ2) is 7.03. The Bertz CT molecular complexity index is 1630. The van der Waals surface area contributed by atoms with E-state index in [1.54, 1.807) is 0 Å². The van der Waals surface area contributed by atoms with Gasteiger partial charge < -0.3 is 14.9 Å². The molecule has 36 heavy (non-hydrogen) atoms. The minimum Gasteiger partial charge on any atom is -0.372 e. The van der Waals surface area contributed by atoms with Crippen LogP contribution in [0.4, 0.5) is 0 Å². The highest BCUT2D eigenvalue weighted by Gasteiger charge is 2.60. The smallest absolute Gasteiger partial charge is 0.177 e. The van der Waals surface area contributed by atoms with Crippen molar-refractivity contribution in [1.82, 2.24) is 19.9 Å². The lowest BCUT2D eigenvalue weighted by Gasteiger charge is -2.27. The number of rotatable bonds is 2. The minimum absolute atomic E-state index is 0.185. The molecule has 2 fully saturated rings. The van der Waals surface area contributed by atoms with Gasteiger partial charge in [-0.1, -0.05) is 0 Å². The van der Waals surface area contributed by atoms with Crippen molar-refractivity contribution in [1.29, 1.82) is 0 Å². The number of aliphatic imine (C=N–C) groups is 2. The summed E-state index contributed by atoms with van der Waals surface area (Å²) in [5.41, 5.74) is 2.00. The largest absolute Gasteiger partial charge is 0.372 e. The number of nitrogens with one attached hydrogen (secondary N) is 2. The Morgan fingerprint density at radius 2 is 1.81 bits per heavy atom. The number of aryl methyl sites for hydroxylation is 1. The average molecular weight is 477 g/mol. The quantitative estimate of drug-likeness (QED) is 0.699. The summed E-state index contributed by atoms with van der Waals surface area (Å²) in [5.74, 6) is 0.437. The summed E-state index contributed by atoms with van der Waals surface area (Å²) in [6.07, 6.45) is 22.2. The van der Waals surface area contributed by atoms with Crippen LogP contribution >= 0.6 is 0 Å². The molecular weight excluding hydrogens is 448 g/mol. The molecule has 7 nitrogen and oxygen atoms in total. The van der Waals surface area contributed by atoms with Crippen LogP contribution in [0.2, 0.25) is 0 Å². The number of carbonyl (C=O) groups is 1. The molecule has 0 spiro atoms. The van der Waals surface area contributed by atoms with Crippen LogP contribution < -0.4 is 16.0 Å². The van der Waals surface area contributed by atoms with Crippen molar-refractivity contribution in [3.63, 3.8) is 0 Å². The summed E-state index contributed by atoms with van der Waals surface area (Å²) >= 11 is 0. The Balaban J connectivity index is 1.51. The molecule has 0 amide bonds. The van der Waals surface area contributed by atoms with Gasteiger partial charge in [-0.05, 0) is 100 Å². The Labute approximate surface area is 209 Å². The lowest BCUT2D eigenvalue weighted by atomic mass is 9.77. The third-order valence-electron chi connectivity index (χ3n) is 7.87. The normalized spacial score (nSPS) is 29.7. The lowest BCUT2D eigenvalue weighted by Crippen LogP contribution is -2.47. The molecule has 8 bridgehead atoms. The van der Waals surface area contributed by atoms with Gasteiger partial charge in [0, 0.05) is 22.6 Å². The SMILES string of the molecule is Cc1cn(C23C=CC(=N2)C=c2ccc([nH]2)=CC2=NC(=CC4(C5CC5)NC(=C3)C(C)(C)C4=O)C=C2)cn1. The summed E-state index contributed by atoms with van der Waals surface area (Å²) in [5, 5.41) is 5.65. The summed E-state index contributed by atoms with van der Waals surface area (Å²) in [4.78, 5) is 32.1. The van der Waals surface area contributed by atoms with Gasteiger partial charge in [-0.3, -0.25) is 4.79 Å². The lowest BCUT2D eigenvalue weighted by molar-refractivity contribution is -0.127. The molecule has 1 saturated carbocycles. The van der Waals surface area contributed by atoms with Crippen molar-refractivity contribution in [2.75, 3.05) is 0 Å². The average Bonchev–Trinajstić information content (AvgIpc) is 3.16. The van der Waals surface area contributed by atoms with E-state index < -0.39 is 16.6 Å². The number of fused-ring (bicyclic) bond motifs is 6. The zero-order chi connectivity index (χ0) is 24.7. The Morgan fingerprint density at radius 3 is 2.53 bits per heavy atom. The van der Waals surface area contributed by atoms with Crippen molar-refractivity contribution >= 4 is 29.4 Å². The van der Waals surface area contributed by atoms with Crippen molar-refractivity contribution < 1.29 is 4.79 Å². The van der Waals surface area contributed by atoms with Gasteiger partial charge in [-0.15, -0.1) is 0 Å². The van der Waals surface area contributed by atoms with Gasteiger partial charge in [0.2, 0.25) is 0 Å². The van der Waals surface area contributed by atoms with Gasteiger partial charge >= 0.3 is 0 Å². The van der Waals surface area contributed by atoms with Crippen molar-refractivity contribution in [3.8, 4) is 0 Å². The van der Waals surface area contributed by atoms with E-state index in [0.717, 1.165) is 52.1 Å². The third-order valence-corrected chi connectivity index (χ3v) is 7.87. The van der Waals surface area contributed by atoms with Gasteiger partial charge in [0.1, 0.15) is 5.54 Å². The number of carbonyl (C=O) groups excluding carboxylic acids is 1. The molecule has 2 aromatic heterocycles. The van der Waals surface area contributed by atoms with Gasteiger partial charge in [0.05, 0.1) is 34.6 Å². The fourth-order valence-electron chi connectivity index (χ4n) is 5.74.